The molecule has 1 atom stereocenters. The van der Waals surface area contributed by atoms with Crippen molar-refractivity contribution in [2.24, 2.45) is 0 Å². The van der Waals surface area contributed by atoms with Crippen LogP contribution in [-0.2, 0) is 28.6 Å². The van der Waals surface area contributed by atoms with Crippen molar-refractivity contribution in [2.75, 3.05) is 13.2 Å². The third-order valence-corrected chi connectivity index (χ3v) is 13.7. The fourth-order valence-corrected chi connectivity index (χ4v) is 9.00. The fourth-order valence-electron chi connectivity index (χ4n) is 9.00. The number of rotatable bonds is 57. The van der Waals surface area contributed by atoms with E-state index in [0.717, 1.165) is 109 Å². The summed E-state index contributed by atoms with van der Waals surface area (Å²) in [6, 6.07) is 0. The molecule has 6 heteroatoms. The first kappa shape index (κ1) is 69.8. The summed E-state index contributed by atoms with van der Waals surface area (Å²) in [5.41, 5.74) is 0. The number of esters is 3. The molecule has 0 aromatic rings. The summed E-state index contributed by atoms with van der Waals surface area (Å²) >= 11 is 0. The summed E-state index contributed by atoms with van der Waals surface area (Å²) in [6.45, 7) is 6.54. The van der Waals surface area contributed by atoms with E-state index in [1.807, 2.05) is 0 Å². The molecule has 1 unspecified atom stereocenters. The Balaban J connectivity index is 4.37. The first-order valence-corrected chi connectivity index (χ1v) is 31.4. The van der Waals surface area contributed by atoms with Crippen LogP contribution in [0.5, 0.6) is 0 Å². The van der Waals surface area contributed by atoms with E-state index >= 15 is 0 Å². The van der Waals surface area contributed by atoms with Crippen molar-refractivity contribution in [2.45, 2.75) is 322 Å². The van der Waals surface area contributed by atoms with Crippen LogP contribution in [-0.4, -0.2) is 37.2 Å². The lowest BCUT2D eigenvalue weighted by atomic mass is 10.0. The van der Waals surface area contributed by atoms with Crippen LogP contribution < -0.4 is 0 Å². The number of hydrogen-bond acceptors (Lipinski definition) is 6. The molecule has 0 aliphatic carbocycles. The molecule has 0 saturated heterocycles. The smallest absolute Gasteiger partial charge is 0.306 e. The second-order valence-corrected chi connectivity index (χ2v) is 20.9. The van der Waals surface area contributed by atoms with Gasteiger partial charge in [0.25, 0.3) is 0 Å². The standard InChI is InChI=1S/C67H118O6/c1-4-7-10-13-16-19-22-25-27-29-31-33-35-37-39-42-45-48-51-54-57-60-66(69)72-63-64(62-71-65(68)59-56-53-50-47-44-41-24-21-18-15-12-9-6-3)73-67(70)61-58-55-52-49-46-43-40-38-36-34-32-30-28-26-23-20-17-14-11-8-5-2/h7,10,16,19,25,27,30-33,37,39,64H,4-6,8-9,11-15,17-18,20-24,26,28-29,34-36,38,40-63H2,1-3H3/b10-7-,19-16-,27-25-,32-30-,33-31-,39-37-. The van der Waals surface area contributed by atoms with Crippen molar-refractivity contribution in [3.63, 3.8) is 0 Å². The van der Waals surface area contributed by atoms with E-state index in [1.165, 1.54) is 167 Å². The number of hydrogen-bond donors (Lipinski definition) is 0. The third kappa shape index (κ3) is 59.6. The van der Waals surface area contributed by atoms with E-state index in [-0.39, 0.29) is 31.1 Å². The Morgan fingerprint density at radius 1 is 0.288 bits per heavy atom. The number of carbonyl (C=O) groups is 3. The van der Waals surface area contributed by atoms with Crippen LogP contribution in [0, 0.1) is 0 Å². The molecule has 0 aliphatic rings. The van der Waals surface area contributed by atoms with Crippen LogP contribution in [0.4, 0.5) is 0 Å². The van der Waals surface area contributed by atoms with E-state index in [0.29, 0.717) is 19.3 Å². The highest BCUT2D eigenvalue weighted by atomic mass is 16.6. The van der Waals surface area contributed by atoms with Crippen molar-refractivity contribution < 1.29 is 28.6 Å². The maximum Gasteiger partial charge on any atom is 0.306 e. The SMILES string of the molecule is CC/C=C\C/C=C\C/C=C\C/C=C\C/C=C\CCCCCCCC(=O)OCC(COC(=O)CCCCCCCCCCCCCCC)OC(=O)CCCCCCCCCCC/C=C\CCCCCCCCCC. The molecule has 422 valence electrons. The second-order valence-electron chi connectivity index (χ2n) is 20.9. The lowest BCUT2D eigenvalue weighted by Crippen LogP contribution is -2.30. The number of allylic oxidation sites excluding steroid dienone is 12. The summed E-state index contributed by atoms with van der Waals surface area (Å²) in [5.74, 6) is -0.887. The van der Waals surface area contributed by atoms with Crippen LogP contribution in [0.15, 0.2) is 72.9 Å². The van der Waals surface area contributed by atoms with Gasteiger partial charge in [0.15, 0.2) is 6.10 Å². The van der Waals surface area contributed by atoms with Gasteiger partial charge < -0.3 is 14.2 Å². The Morgan fingerprint density at radius 3 is 0.849 bits per heavy atom. The summed E-state index contributed by atoms with van der Waals surface area (Å²) in [6.07, 6.45) is 79.0. The van der Waals surface area contributed by atoms with Gasteiger partial charge in [-0.05, 0) is 89.9 Å². The van der Waals surface area contributed by atoms with Gasteiger partial charge in [-0.1, -0.05) is 280 Å². The lowest BCUT2D eigenvalue weighted by Gasteiger charge is -2.18. The molecule has 0 spiro atoms. The first-order valence-electron chi connectivity index (χ1n) is 31.4. The van der Waals surface area contributed by atoms with Crippen LogP contribution in [0.25, 0.3) is 0 Å². The Kier molecular flexibility index (Phi) is 58.7. The topological polar surface area (TPSA) is 78.9 Å². The molecule has 6 nitrogen and oxygen atoms in total. The van der Waals surface area contributed by atoms with Crippen molar-refractivity contribution >= 4 is 17.9 Å². The van der Waals surface area contributed by atoms with Crippen LogP contribution >= 0.6 is 0 Å². The van der Waals surface area contributed by atoms with E-state index < -0.39 is 6.10 Å². The number of carbonyl (C=O) groups excluding carboxylic acids is 3. The van der Waals surface area contributed by atoms with Gasteiger partial charge >= 0.3 is 17.9 Å². The molecule has 0 amide bonds. The highest BCUT2D eigenvalue weighted by molar-refractivity contribution is 5.71. The minimum atomic E-state index is -0.784. The van der Waals surface area contributed by atoms with Crippen LogP contribution in [0.3, 0.4) is 0 Å². The molecule has 0 saturated carbocycles. The van der Waals surface area contributed by atoms with Crippen molar-refractivity contribution in [1.29, 1.82) is 0 Å². The maximum absolute atomic E-state index is 12.9. The van der Waals surface area contributed by atoms with Crippen molar-refractivity contribution in [1.82, 2.24) is 0 Å². The minimum Gasteiger partial charge on any atom is -0.462 e. The zero-order valence-electron chi connectivity index (χ0n) is 48.4. The molecule has 73 heavy (non-hydrogen) atoms. The largest absolute Gasteiger partial charge is 0.462 e. The Labute approximate surface area is 453 Å². The van der Waals surface area contributed by atoms with Gasteiger partial charge in [0.1, 0.15) is 13.2 Å². The van der Waals surface area contributed by atoms with Crippen molar-refractivity contribution in [3.8, 4) is 0 Å². The normalized spacial score (nSPS) is 12.5. The Bertz CT molecular complexity index is 1360. The van der Waals surface area contributed by atoms with Gasteiger partial charge in [0, 0.05) is 19.3 Å². The molecule has 0 rings (SSSR count). The van der Waals surface area contributed by atoms with Gasteiger partial charge in [-0.25, -0.2) is 0 Å². The van der Waals surface area contributed by atoms with Crippen LogP contribution in [0.1, 0.15) is 316 Å². The monoisotopic (exact) mass is 1020 g/mol. The summed E-state index contributed by atoms with van der Waals surface area (Å²) in [5, 5.41) is 0. The Morgan fingerprint density at radius 2 is 0.534 bits per heavy atom. The second kappa shape index (κ2) is 61.4. The first-order chi connectivity index (χ1) is 36.0. The van der Waals surface area contributed by atoms with E-state index in [4.69, 9.17) is 14.2 Å². The molecule has 0 heterocycles. The summed E-state index contributed by atoms with van der Waals surface area (Å²) in [7, 11) is 0. The fraction of sp³-hybridized carbons (Fsp3) is 0.776. The predicted octanol–water partition coefficient (Wildman–Crippen LogP) is 21.3. The summed E-state index contributed by atoms with van der Waals surface area (Å²) in [4.78, 5) is 38.3. The van der Waals surface area contributed by atoms with Gasteiger partial charge in [-0.2, -0.15) is 0 Å². The average Bonchev–Trinajstić information content (AvgIpc) is 3.39. The van der Waals surface area contributed by atoms with Gasteiger partial charge in [0.2, 0.25) is 0 Å². The molecule has 0 aromatic carbocycles. The maximum atomic E-state index is 12.9. The minimum absolute atomic E-state index is 0.0796. The Hall–Kier alpha value is -3.15. The molecule has 0 fully saturated rings. The molecule has 0 radical (unpaired) electrons. The van der Waals surface area contributed by atoms with Gasteiger partial charge in [-0.3, -0.25) is 14.4 Å². The molecule has 0 N–H and O–H groups in total. The van der Waals surface area contributed by atoms with Crippen molar-refractivity contribution in [3.05, 3.63) is 72.9 Å². The predicted molar refractivity (Wildman–Crippen MR) is 316 cm³/mol. The summed E-state index contributed by atoms with van der Waals surface area (Å²) < 4.78 is 16.9. The van der Waals surface area contributed by atoms with E-state index in [1.54, 1.807) is 0 Å². The lowest BCUT2D eigenvalue weighted by molar-refractivity contribution is -0.167. The quantitative estimate of drug-likeness (QED) is 0.0261. The third-order valence-electron chi connectivity index (χ3n) is 13.7. The molecule has 0 aromatic heterocycles. The highest BCUT2D eigenvalue weighted by Crippen LogP contribution is 2.16. The van der Waals surface area contributed by atoms with E-state index in [2.05, 4.69) is 93.7 Å². The molecular weight excluding hydrogens is 901 g/mol. The highest BCUT2D eigenvalue weighted by Gasteiger charge is 2.19. The molecular formula is C67H118O6. The molecule has 0 bridgehead atoms. The van der Waals surface area contributed by atoms with E-state index in [9.17, 15) is 14.4 Å². The van der Waals surface area contributed by atoms with Crippen LogP contribution in [0.2, 0.25) is 0 Å². The zero-order chi connectivity index (χ0) is 52.9. The van der Waals surface area contributed by atoms with Gasteiger partial charge in [0.05, 0.1) is 0 Å². The zero-order valence-corrected chi connectivity index (χ0v) is 48.4. The van der Waals surface area contributed by atoms with Gasteiger partial charge in [-0.15, -0.1) is 0 Å². The number of ether oxygens (including phenoxy) is 3. The average molecular weight is 1020 g/mol. The number of unbranched alkanes of at least 4 members (excludes halogenated alkanes) is 34. The molecule has 0 aliphatic heterocycles.